The van der Waals surface area contributed by atoms with Crippen molar-refractivity contribution in [3.63, 3.8) is 0 Å². The molecule has 3 aliphatic rings. The molecule has 0 aromatic heterocycles. The smallest absolute Gasteiger partial charge is 0.225 e. The van der Waals surface area contributed by atoms with Crippen LogP contribution in [-0.2, 0) is 9.53 Å². The summed E-state index contributed by atoms with van der Waals surface area (Å²) in [6.07, 6.45) is 5.73. The van der Waals surface area contributed by atoms with Crippen LogP contribution in [0.25, 0.3) is 0 Å². The molecule has 0 saturated carbocycles. The lowest BCUT2D eigenvalue weighted by Gasteiger charge is -2.35. The van der Waals surface area contributed by atoms with Crippen LogP contribution in [0, 0.1) is 23.7 Å². The molecule has 0 radical (unpaired) electrons. The van der Waals surface area contributed by atoms with Crippen LogP contribution in [0.4, 0.5) is 0 Å². The average Bonchev–Trinajstić information content (AvgIpc) is 3.05. The molecule has 3 fully saturated rings. The van der Waals surface area contributed by atoms with Crippen LogP contribution in [0.2, 0.25) is 0 Å². The minimum atomic E-state index is 0.232. The Labute approximate surface area is 141 Å². The summed E-state index contributed by atoms with van der Waals surface area (Å²) >= 11 is 0. The highest BCUT2D eigenvalue weighted by Gasteiger charge is 2.36. The van der Waals surface area contributed by atoms with Gasteiger partial charge in [0, 0.05) is 38.8 Å². The van der Waals surface area contributed by atoms with Gasteiger partial charge in [0.15, 0.2) is 0 Å². The summed E-state index contributed by atoms with van der Waals surface area (Å²) in [7, 11) is 0. The first-order valence-electron chi connectivity index (χ1n) is 9.72. The fraction of sp³-hybridized carbons (Fsp3) is 0.947. The average molecular weight is 322 g/mol. The van der Waals surface area contributed by atoms with Crippen molar-refractivity contribution in [1.82, 2.24) is 9.80 Å². The number of rotatable bonds is 4. The van der Waals surface area contributed by atoms with Crippen molar-refractivity contribution in [2.45, 2.75) is 46.0 Å². The molecule has 3 aliphatic heterocycles. The van der Waals surface area contributed by atoms with Gasteiger partial charge < -0.3 is 14.5 Å². The van der Waals surface area contributed by atoms with E-state index in [1.165, 1.54) is 38.9 Å². The van der Waals surface area contributed by atoms with Crippen molar-refractivity contribution < 1.29 is 9.53 Å². The number of carbonyl (C=O) groups is 1. The third-order valence-corrected chi connectivity index (χ3v) is 6.03. The Morgan fingerprint density at radius 2 is 1.65 bits per heavy atom. The molecule has 0 bridgehead atoms. The van der Waals surface area contributed by atoms with Crippen molar-refractivity contribution in [2.75, 3.05) is 45.9 Å². The number of ether oxygens (including phenoxy) is 1. The topological polar surface area (TPSA) is 32.8 Å². The Balaban J connectivity index is 1.44. The second-order valence-corrected chi connectivity index (χ2v) is 8.25. The Kier molecular flexibility index (Phi) is 5.97. The summed E-state index contributed by atoms with van der Waals surface area (Å²) in [4.78, 5) is 17.5. The predicted molar refractivity (Wildman–Crippen MR) is 92.2 cm³/mol. The first kappa shape index (κ1) is 17.2. The van der Waals surface area contributed by atoms with Crippen LogP contribution in [-0.4, -0.2) is 61.6 Å². The molecule has 132 valence electrons. The van der Waals surface area contributed by atoms with Gasteiger partial charge in [-0.2, -0.15) is 0 Å². The Bertz CT molecular complexity index is 385. The molecule has 0 spiro atoms. The van der Waals surface area contributed by atoms with Crippen LogP contribution in [0.5, 0.6) is 0 Å². The number of amides is 1. The molecule has 4 heteroatoms. The van der Waals surface area contributed by atoms with Crippen molar-refractivity contribution >= 4 is 5.91 Å². The lowest BCUT2D eigenvalue weighted by atomic mass is 9.83. The molecule has 3 saturated heterocycles. The Morgan fingerprint density at radius 1 is 1.00 bits per heavy atom. The lowest BCUT2D eigenvalue weighted by molar-refractivity contribution is -0.137. The van der Waals surface area contributed by atoms with Crippen molar-refractivity contribution in [3.05, 3.63) is 0 Å². The van der Waals surface area contributed by atoms with E-state index < -0.39 is 0 Å². The van der Waals surface area contributed by atoms with Gasteiger partial charge in [-0.05, 0) is 62.9 Å². The molecule has 0 aromatic carbocycles. The second kappa shape index (κ2) is 7.98. The highest BCUT2D eigenvalue weighted by Crippen LogP contribution is 2.33. The van der Waals surface area contributed by atoms with Gasteiger partial charge in [0.25, 0.3) is 0 Å². The summed E-state index contributed by atoms with van der Waals surface area (Å²) in [5.41, 5.74) is 0. The van der Waals surface area contributed by atoms with Gasteiger partial charge in [0.1, 0.15) is 0 Å². The quantitative estimate of drug-likeness (QED) is 0.798. The molecule has 1 amide bonds. The van der Waals surface area contributed by atoms with Crippen LogP contribution >= 0.6 is 0 Å². The zero-order chi connectivity index (χ0) is 16.2. The van der Waals surface area contributed by atoms with Gasteiger partial charge in [0.2, 0.25) is 5.91 Å². The molecular formula is C19H34N2O2. The van der Waals surface area contributed by atoms with E-state index in [1.54, 1.807) is 0 Å². The van der Waals surface area contributed by atoms with Gasteiger partial charge >= 0.3 is 0 Å². The van der Waals surface area contributed by atoms with Crippen LogP contribution < -0.4 is 0 Å². The van der Waals surface area contributed by atoms with E-state index in [2.05, 4.69) is 23.6 Å². The van der Waals surface area contributed by atoms with Crippen LogP contribution in [0.1, 0.15) is 46.0 Å². The molecule has 0 aromatic rings. The zero-order valence-electron chi connectivity index (χ0n) is 15.0. The Hall–Kier alpha value is -0.610. The number of hydrogen-bond acceptors (Lipinski definition) is 3. The van der Waals surface area contributed by atoms with E-state index in [9.17, 15) is 4.79 Å². The summed E-state index contributed by atoms with van der Waals surface area (Å²) in [5, 5.41) is 0. The number of carbonyl (C=O) groups excluding carboxylic acids is 1. The normalized spacial score (nSPS) is 28.7. The summed E-state index contributed by atoms with van der Waals surface area (Å²) < 4.78 is 5.39. The fourth-order valence-corrected chi connectivity index (χ4v) is 4.70. The minimum Gasteiger partial charge on any atom is -0.381 e. The highest BCUT2D eigenvalue weighted by molar-refractivity contribution is 5.79. The van der Waals surface area contributed by atoms with Crippen LogP contribution in [0.3, 0.4) is 0 Å². The van der Waals surface area contributed by atoms with E-state index in [1.807, 2.05) is 0 Å². The summed E-state index contributed by atoms with van der Waals surface area (Å²) in [6, 6.07) is 0. The van der Waals surface area contributed by atoms with E-state index >= 15 is 0 Å². The highest BCUT2D eigenvalue weighted by atomic mass is 16.5. The van der Waals surface area contributed by atoms with E-state index in [0.717, 1.165) is 56.9 Å². The predicted octanol–water partition coefficient (Wildman–Crippen LogP) is 2.63. The SMILES string of the molecule is CC(C)CN1CCC(C2CCN(C(=O)C3CCOCC3)C2)CC1. The van der Waals surface area contributed by atoms with Crippen LogP contribution in [0.15, 0.2) is 0 Å². The van der Waals surface area contributed by atoms with E-state index in [0.29, 0.717) is 5.91 Å². The zero-order valence-corrected chi connectivity index (χ0v) is 15.0. The maximum Gasteiger partial charge on any atom is 0.225 e. The largest absolute Gasteiger partial charge is 0.381 e. The van der Waals surface area contributed by atoms with E-state index in [4.69, 9.17) is 4.74 Å². The molecule has 0 aliphatic carbocycles. The third-order valence-electron chi connectivity index (χ3n) is 6.03. The summed E-state index contributed by atoms with van der Waals surface area (Å²) in [6.45, 7) is 11.9. The number of nitrogens with zero attached hydrogens (tertiary/aromatic N) is 2. The lowest BCUT2D eigenvalue weighted by Crippen LogP contribution is -2.40. The summed E-state index contributed by atoms with van der Waals surface area (Å²) in [5.74, 6) is 3.00. The standard InChI is InChI=1S/C19H34N2O2/c1-15(2)13-20-8-3-16(4-9-20)18-5-10-21(14-18)19(22)17-6-11-23-12-7-17/h15-18H,3-14H2,1-2H3. The first-order valence-corrected chi connectivity index (χ1v) is 9.72. The fourth-order valence-electron chi connectivity index (χ4n) is 4.70. The molecule has 3 heterocycles. The number of hydrogen-bond donors (Lipinski definition) is 0. The monoisotopic (exact) mass is 322 g/mol. The molecule has 1 atom stereocenters. The van der Waals surface area contributed by atoms with Gasteiger partial charge in [-0.15, -0.1) is 0 Å². The molecule has 0 N–H and O–H groups in total. The first-order chi connectivity index (χ1) is 11.1. The van der Waals surface area contributed by atoms with Gasteiger partial charge in [-0.3, -0.25) is 4.79 Å². The molecule has 4 nitrogen and oxygen atoms in total. The number of likely N-dealkylation sites (tertiary alicyclic amines) is 2. The van der Waals surface area contributed by atoms with Crippen molar-refractivity contribution in [2.24, 2.45) is 23.7 Å². The van der Waals surface area contributed by atoms with Gasteiger partial charge in [-0.1, -0.05) is 13.8 Å². The number of piperidine rings is 1. The van der Waals surface area contributed by atoms with Gasteiger partial charge in [0.05, 0.1) is 0 Å². The minimum absolute atomic E-state index is 0.232. The van der Waals surface area contributed by atoms with Crippen molar-refractivity contribution in [1.29, 1.82) is 0 Å². The Morgan fingerprint density at radius 3 is 2.30 bits per heavy atom. The third kappa shape index (κ3) is 4.48. The molecular weight excluding hydrogens is 288 g/mol. The molecule has 3 rings (SSSR count). The molecule has 1 unspecified atom stereocenters. The molecule has 23 heavy (non-hydrogen) atoms. The maximum atomic E-state index is 12.7. The van der Waals surface area contributed by atoms with E-state index in [-0.39, 0.29) is 5.92 Å². The second-order valence-electron chi connectivity index (χ2n) is 8.25. The van der Waals surface area contributed by atoms with Crippen molar-refractivity contribution in [3.8, 4) is 0 Å². The maximum absolute atomic E-state index is 12.7. The van der Waals surface area contributed by atoms with Gasteiger partial charge in [-0.25, -0.2) is 0 Å².